The molecule has 1 fully saturated rings. The van der Waals surface area contributed by atoms with E-state index in [1.807, 2.05) is 36.6 Å². The first-order chi connectivity index (χ1) is 12.1. The quantitative estimate of drug-likeness (QED) is 0.659. The summed E-state index contributed by atoms with van der Waals surface area (Å²) in [6.45, 7) is 1.97. The molecule has 4 rings (SSSR count). The number of thiophene rings is 1. The first-order valence-electron chi connectivity index (χ1n) is 8.60. The largest absolute Gasteiger partial charge is 0.507 e. The second kappa shape index (κ2) is 6.61. The van der Waals surface area contributed by atoms with E-state index in [0.717, 1.165) is 47.2 Å². The lowest BCUT2D eigenvalue weighted by Gasteiger charge is -2.27. The van der Waals surface area contributed by atoms with Crippen molar-refractivity contribution in [3.8, 4) is 17.0 Å². The third kappa shape index (κ3) is 3.19. The van der Waals surface area contributed by atoms with Gasteiger partial charge in [0.25, 0.3) is 0 Å². The predicted octanol–water partition coefficient (Wildman–Crippen LogP) is 4.09. The molecule has 1 aromatic carbocycles. The van der Waals surface area contributed by atoms with Crippen LogP contribution in [0, 0.1) is 6.92 Å². The molecule has 0 spiro atoms. The molecular formula is C19H21N3O2S. The summed E-state index contributed by atoms with van der Waals surface area (Å²) in [5, 5.41) is 35.2. The number of phenols is 1. The van der Waals surface area contributed by atoms with Crippen LogP contribution in [0.3, 0.4) is 0 Å². The standard InChI is InChI=1S/C19H21N3O2S/c1-11-9-17(20-12-3-2-4-13(23)10-12)21-22-18(11)15-5-6-16-14(19(15)24)7-8-25-16/h5-9,12-13,23-24H,2-4,10H2,1H3,(H,20,21). The number of aliphatic hydroxyl groups excluding tert-OH is 1. The average Bonchev–Trinajstić information content (AvgIpc) is 3.06. The molecule has 25 heavy (non-hydrogen) atoms. The van der Waals surface area contributed by atoms with Crippen LogP contribution in [-0.4, -0.2) is 32.6 Å². The number of nitrogens with zero attached hydrogens (tertiary/aromatic N) is 2. The number of hydrogen-bond acceptors (Lipinski definition) is 6. The second-order valence-electron chi connectivity index (χ2n) is 6.72. The van der Waals surface area contributed by atoms with Crippen LogP contribution in [0.1, 0.15) is 31.2 Å². The van der Waals surface area contributed by atoms with Crippen LogP contribution >= 0.6 is 11.3 Å². The maximum absolute atomic E-state index is 10.6. The monoisotopic (exact) mass is 355 g/mol. The molecule has 5 nitrogen and oxygen atoms in total. The van der Waals surface area contributed by atoms with Crippen molar-refractivity contribution in [1.29, 1.82) is 0 Å². The summed E-state index contributed by atoms with van der Waals surface area (Å²) in [6.07, 6.45) is 3.46. The zero-order chi connectivity index (χ0) is 17.4. The maximum atomic E-state index is 10.6. The molecule has 3 aromatic rings. The summed E-state index contributed by atoms with van der Waals surface area (Å²) < 4.78 is 1.06. The molecular weight excluding hydrogens is 334 g/mol. The Kier molecular flexibility index (Phi) is 4.31. The lowest BCUT2D eigenvalue weighted by Crippen LogP contribution is -2.30. The Morgan fingerprint density at radius 1 is 1.20 bits per heavy atom. The second-order valence-corrected chi connectivity index (χ2v) is 7.66. The highest BCUT2D eigenvalue weighted by atomic mass is 32.1. The van der Waals surface area contributed by atoms with Crippen molar-refractivity contribution in [2.45, 2.75) is 44.8 Å². The third-order valence-electron chi connectivity index (χ3n) is 4.84. The molecule has 130 valence electrons. The minimum Gasteiger partial charge on any atom is -0.507 e. The highest BCUT2D eigenvalue weighted by Crippen LogP contribution is 2.38. The molecule has 2 aromatic heterocycles. The van der Waals surface area contributed by atoms with Crippen molar-refractivity contribution < 1.29 is 10.2 Å². The smallest absolute Gasteiger partial charge is 0.149 e. The molecule has 0 radical (unpaired) electrons. The number of aromatic hydroxyl groups is 1. The Bertz CT molecular complexity index is 909. The van der Waals surface area contributed by atoms with Crippen LogP contribution < -0.4 is 5.32 Å². The Labute approximate surface area is 150 Å². The first kappa shape index (κ1) is 16.3. The van der Waals surface area contributed by atoms with Crippen molar-refractivity contribution in [3.63, 3.8) is 0 Å². The average molecular weight is 355 g/mol. The molecule has 0 aliphatic heterocycles. The van der Waals surface area contributed by atoms with Crippen molar-refractivity contribution in [2.75, 3.05) is 5.32 Å². The van der Waals surface area contributed by atoms with Crippen molar-refractivity contribution in [1.82, 2.24) is 10.2 Å². The molecule has 1 aliphatic rings. The van der Waals surface area contributed by atoms with Crippen LogP contribution in [0.25, 0.3) is 21.3 Å². The van der Waals surface area contributed by atoms with Crippen LogP contribution in [-0.2, 0) is 0 Å². The van der Waals surface area contributed by atoms with Gasteiger partial charge in [0.15, 0.2) is 0 Å². The van der Waals surface area contributed by atoms with Crippen LogP contribution in [0.5, 0.6) is 5.75 Å². The van der Waals surface area contributed by atoms with Gasteiger partial charge in [-0.3, -0.25) is 0 Å². The van der Waals surface area contributed by atoms with Crippen LogP contribution in [0.4, 0.5) is 5.82 Å². The predicted molar refractivity (Wildman–Crippen MR) is 101 cm³/mol. The number of anilines is 1. The molecule has 0 amide bonds. The summed E-state index contributed by atoms with van der Waals surface area (Å²) in [5.41, 5.74) is 2.36. The van der Waals surface area contributed by atoms with Crippen molar-refractivity contribution in [3.05, 3.63) is 35.2 Å². The molecule has 2 atom stereocenters. The fourth-order valence-electron chi connectivity index (χ4n) is 3.55. The number of fused-ring (bicyclic) bond motifs is 1. The highest BCUT2D eigenvalue weighted by Gasteiger charge is 2.21. The Balaban J connectivity index is 1.61. The molecule has 1 aliphatic carbocycles. The van der Waals surface area contributed by atoms with Gasteiger partial charge >= 0.3 is 0 Å². The zero-order valence-electron chi connectivity index (χ0n) is 14.1. The van der Waals surface area contributed by atoms with Gasteiger partial charge < -0.3 is 15.5 Å². The van der Waals surface area contributed by atoms with Crippen molar-refractivity contribution >= 4 is 27.2 Å². The van der Waals surface area contributed by atoms with Crippen LogP contribution in [0.15, 0.2) is 29.6 Å². The molecule has 2 heterocycles. The number of benzene rings is 1. The summed E-state index contributed by atoms with van der Waals surface area (Å²) >= 11 is 1.61. The van der Waals surface area contributed by atoms with E-state index in [4.69, 9.17) is 0 Å². The van der Waals surface area contributed by atoms with E-state index in [1.54, 1.807) is 11.3 Å². The molecule has 6 heteroatoms. The molecule has 0 saturated heterocycles. The van der Waals surface area contributed by atoms with E-state index in [9.17, 15) is 10.2 Å². The third-order valence-corrected chi connectivity index (χ3v) is 5.73. The number of aliphatic hydroxyl groups is 1. The van der Waals surface area contributed by atoms with Gasteiger partial charge in [0.2, 0.25) is 0 Å². The number of hydrogen-bond donors (Lipinski definition) is 3. The fraction of sp³-hybridized carbons (Fsp3) is 0.368. The topological polar surface area (TPSA) is 78.3 Å². The SMILES string of the molecule is Cc1cc(NC2CCCC(O)C2)nnc1-c1ccc2sccc2c1O. The number of nitrogens with one attached hydrogen (secondary N) is 1. The van der Waals surface area contributed by atoms with Gasteiger partial charge in [-0.15, -0.1) is 21.5 Å². The maximum Gasteiger partial charge on any atom is 0.149 e. The van der Waals surface area contributed by atoms with E-state index in [-0.39, 0.29) is 17.9 Å². The van der Waals surface area contributed by atoms with E-state index in [2.05, 4.69) is 15.5 Å². The van der Waals surface area contributed by atoms with E-state index < -0.39 is 0 Å². The summed E-state index contributed by atoms with van der Waals surface area (Å²) in [4.78, 5) is 0. The summed E-state index contributed by atoms with van der Waals surface area (Å²) in [7, 11) is 0. The molecule has 1 saturated carbocycles. The molecule has 3 N–H and O–H groups in total. The normalized spacial score (nSPS) is 20.7. The Hall–Kier alpha value is -2.18. The number of phenolic OH excluding ortho intramolecular Hbond substituents is 1. The summed E-state index contributed by atoms with van der Waals surface area (Å²) in [5.74, 6) is 0.976. The molecule has 0 bridgehead atoms. The fourth-order valence-corrected chi connectivity index (χ4v) is 4.33. The number of rotatable bonds is 3. The van der Waals surface area contributed by atoms with Gasteiger partial charge in [-0.05, 0) is 67.8 Å². The number of aromatic nitrogens is 2. The number of aryl methyl sites for hydroxylation is 1. The van der Waals surface area contributed by atoms with Crippen molar-refractivity contribution in [2.24, 2.45) is 0 Å². The van der Waals surface area contributed by atoms with Gasteiger partial charge in [0, 0.05) is 21.7 Å². The van der Waals surface area contributed by atoms with Gasteiger partial charge in [-0.2, -0.15) is 0 Å². The van der Waals surface area contributed by atoms with E-state index in [0.29, 0.717) is 11.3 Å². The van der Waals surface area contributed by atoms with Crippen LogP contribution in [0.2, 0.25) is 0 Å². The lowest BCUT2D eigenvalue weighted by atomic mass is 9.93. The van der Waals surface area contributed by atoms with E-state index >= 15 is 0 Å². The van der Waals surface area contributed by atoms with Gasteiger partial charge in [0.1, 0.15) is 11.6 Å². The Morgan fingerprint density at radius 3 is 2.88 bits per heavy atom. The first-order valence-corrected chi connectivity index (χ1v) is 9.48. The molecule has 2 unspecified atom stereocenters. The van der Waals surface area contributed by atoms with E-state index in [1.165, 1.54) is 0 Å². The van der Waals surface area contributed by atoms with Gasteiger partial charge in [-0.1, -0.05) is 0 Å². The Morgan fingerprint density at radius 2 is 2.08 bits per heavy atom. The minimum atomic E-state index is -0.228. The zero-order valence-corrected chi connectivity index (χ0v) is 14.9. The van der Waals surface area contributed by atoms with Gasteiger partial charge in [-0.25, -0.2) is 0 Å². The lowest BCUT2D eigenvalue weighted by molar-refractivity contribution is 0.124. The van der Waals surface area contributed by atoms with Gasteiger partial charge in [0.05, 0.1) is 11.8 Å². The highest BCUT2D eigenvalue weighted by molar-refractivity contribution is 7.17. The minimum absolute atomic E-state index is 0.228. The summed E-state index contributed by atoms with van der Waals surface area (Å²) in [6, 6.07) is 8.02.